The number of carbonyl (C=O) groups excluding carboxylic acids is 1. The number of para-hydroxylation sites is 1. The van der Waals surface area contributed by atoms with Gasteiger partial charge in [-0.15, -0.1) is 0 Å². The van der Waals surface area contributed by atoms with E-state index in [1.807, 2.05) is 42.5 Å². The Balaban J connectivity index is 1.50. The Morgan fingerprint density at radius 1 is 1.21 bits per heavy atom. The van der Waals surface area contributed by atoms with E-state index in [2.05, 4.69) is 22.9 Å². The van der Waals surface area contributed by atoms with Gasteiger partial charge in [0.05, 0.1) is 5.69 Å². The Labute approximate surface area is 169 Å². The average Bonchev–Trinajstić information content (AvgIpc) is 3.32. The van der Waals surface area contributed by atoms with Crippen LogP contribution in [0.3, 0.4) is 0 Å². The van der Waals surface area contributed by atoms with Crippen molar-refractivity contribution in [1.29, 1.82) is 0 Å². The Hall–Kier alpha value is -3.05. The maximum Gasteiger partial charge on any atom is 0.220 e. The van der Waals surface area contributed by atoms with Crippen molar-refractivity contribution in [1.82, 2.24) is 10.3 Å². The molecule has 1 atom stereocenters. The van der Waals surface area contributed by atoms with Gasteiger partial charge in [0.1, 0.15) is 18.1 Å². The summed E-state index contributed by atoms with van der Waals surface area (Å²) in [6.45, 7) is 5.90. The Morgan fingerprint density at radius 3 is 2.86 bits per heavy atom. The highest BCUT2D eigenvalue weighted by Crippen LogP contribution is 2.49. The molecule has 0 amide bonds. The Bertz CT molecular complexity index is 1080. The molecule has 1 aromatic heterocycles. The van der Waals surface area contributed by atoms with Gasteiger partial charge >= 0.3 is 0 Å². The van der Waals surface area contributed by atoms with Crippen LogP contribution in [0.25, 0.3) is 10.9 Å². The number of ketones is 1. The molecule has 0 saturated carbocycles. The Morgan fingerprint density at radius 2 is 2.03 bits per heavy atom. The van der Waals surface area contributed by atoms with Crippen molar-refractivity contribution >= 4 is 16.7 Å². The van der Waals surface area contributed by atoms with Gasteiger partial charge in [-0.2, -0.15) is 0 Å². The highest BCUT2D eigenvalue weighted by molar-refractivity contribution is 6.03. The second-order valence-corrected chi connectivity index (χ2v) is 7.80. The van der Waals surface area contributed by atoms with Crippen LogP contribution in [0.1, 0.15) is 28.9 Å². The lowest BCUT2D eigenvalue weighted by Crippen LogP contribution is -2.50. The molecule has 2 aromatic carbocycles. The summed E-state index contributed by atoms with van der Waals surface area (Å²) in [4.78, 5) is 16.9. The van der Waals surface area contributed by atoms with E-state index in [1.54, 1.807) is 6.08 Å². The number of fused-ring (bicyclic) bond motifs is 3. The molecule has 0 bridgehead atoms. The van der Waals surface area contributed by atoms with E-state index in [-0.39, 0.29) is 11.2 Å². The second-order valence-electron chi connectivity index (χ2n) is 7.80. The smallest absolute Gasteiger partial charge is 0.220 e. The van der Waals surface area contributed by atoms with E-state index in [9.17, 15) is 4.79 Å². The van der Waals surface area contributed by atoms with Crippen molar-refractivity contribution in [2.45, 2.75) is 24.4 Å². The van der Waals surface area contributed by atoms with E-state index in [0.717, 1.165) is 53.9 Å². The molecule has 2 aliphatic heterocycles. The summed E-state index contributed by atoms with van der Waals surface area (Å²) in [7, 11) is 0. The van der Waals surface area contributed by atoms with Crippen molar-refractivity contribution in [3.8, 4) is 11.5 Å². The molecule has 0 radical (unpaired) electrons. The van der Waals surface area contributed by atoms with Gasteiger partial charge < -0.3 is 19.8 Å². The van der Waals surface area contributed by atoms with E-state index in [1.165, 1.54) is 0 Å². The first-order valence-electron chi connectivity index (χ1n) is 10.1. The zero-order valence-electron chi connectivity index (χ0n) is 16.2. The first kappa shape index (κ1) is 18.0. The van der Waals surface area contributed by atoms with Crippen LogP contribution in [0.2, 0.25) is 0 Å². The number of aromatic amines is 1. The third-order valence-electron chi connectivity index (χ3n) is 6.13. The molecule has 5 rings (SSSR count). The number of nitrogens with one attached hydrogen (secondary N) is 2. The summed E-state index contributed by atoms with van der Waals surface area (Å²) in [6, 6.07) is 15.8. The normalized spacial score (nSPS) is 19.7. The fourth-order valence-electron chi connectivity index (χ4n) is 4.70. The van der Waals surface area contributed by atoms with E-state index in [0.29, 0.717) is 12.3 Å². The number of hydrogen-bond acceptors (Lipinski definition) is 4. The quantitative estimate of drug-likeness (QED) is 0.512. The third kappa shape index (κ3) is 2.93. The largest absolute Gasteiger partial charge is 0.490 e. The van der Waals surface area contributed by atoms with Gasteiger partial charge in [0.15, 0.2) is 6.10 Å². The van der Waals surface area contributed by atoms with Gasteiger partial charge in [0.25, 0.3) is 0 Å². The standard InChI is InChI=1S/C24H24N2O3/c1-2-13-28-17-7-8-19-16(14-17)15-20(26-19)22(27)23-24(9-11-25-12-10-24)18-5-3-4-6-21(18)29-23/h2-8,14-15,23,25-26H,1,9-13H2/t23-/m0/s1. The van der Waals surface area contributed by atoms with Crippen LogP contribution in [0.5, 0.6) is 11.5 Å². The summed E-state index contributed by atoms with van der Waals surface area (Å²) < 4.78 is 11.9. The van der Waals surface area contributed by atoms with Gasteiger partial charge in [0.2, 0.25) is 5.78 Å². The number of benzene rings is 2. The van der Waals surface area contributed by atoms with Gasteiger partial charge in [-0.3, -0.25) is 4.79 Å². The van der Waals surface area contributed by atoms with E-state index < -0.39 is 6.10 Å². The van der Waals surface area contributed by atoms with Crippen molar-refractivity contribution < 1.29 is 14.3 Å². The van der Waals surface area contributed by atoms with Crippen molar-refractivity contribution in [2.24, 2.45) is 0 Å². The summed E-state index contributed by atoms with van der Waals surface area (Å²) in [5.74, 6) is 1.60. The van der Waals surface area contributed by atoms with E-state index >= 15 is 0 Å². The SMILES string of the molecule is C=CCOc1ccc2[nH]c(C(=O)[C@@H]3Oc4ccccc4C34CCNCC4)cc2c1. The van der Waals surface area contributed by atoms with Gasteiger partial charge in [-0.25, -0.2) is 0 Å². The average molecular weight is 388 g/mol. The molecule has 0 aliphatic carbocycles. The lowest BCUT2D eigenvalue weighted by Gasteiger charge is -2.37. The van der Waals surface area contributed by atoms with Gasteiger partial charge in [0, 0.05) is 21.9 Å². The van der Waals surface area contributed by atoms with Crippen LogP contribution in [0, 0.1) is 0 Å². The maximum atomic E-state index is 13.6. The Kier molecular flexibility index (Phi) is 4.40. The van der Waals surface area contributed by atoms with Crippen LogP contribution in [-0.4, -0.2) is 36.6 Å². The van der Waals surface area contributed by atoms with Gasteiger partial charge in [-0.05, 0) is 56.3 Å². The molecule has 2 N–H and O–H groups in total. The predicted molar refractivity (Wildman–Crippen MR) is 113 cm³/mol. The summed E-state index contributed by atoms with van der Waals surface area (Å²) in [5, 5.41) is 4.36. The van der Waals surface area contributed by atoms with Crippen molar-refractivity contribution in [3.05, 3.63) is 72.4 Å². The molecular weight excluding hydrogens is 364 g/mol. The minimum atomic E-state index is -0.508. The molecule has 3 heterocycles. The molecule has 148 valence electrons. The van der Waals surface area contributed by atoms with Crippen LogP contribution in [-0.2, 0) is 5.41 Å². The number of carbonyl (C=O) groups is 1. The van der Waals surface area contributed by atoms with Crippen LogP contribution in [0.15, 0.2) is 61.2 Å². The zero-order valence-corrected chi connectivity index (χ0v) is 16.2. The molecule has 1 fully saturated rings. The molecule has 2 aliphatic rings. The van der Waals surface area contributed by atoms with Crippen LogP contribution >= 0.6 is 0 Å². The van der Waals surface area contributed by atoms with Gasteiger partial charge in [-0.1, -0.05) is 30.9 Å². The minimum Gasteiger partial charge on any atom is -0.490 e. The third-order valence-corrected chi connectivity index (χ3v) is 6.13. The number of H-pyrrole nitrogens is 1. The van der Waals surface area contributed by atoms with Crippen LogP contribution < -0.4 is 14.8 Å². The zero-order chi connectivity index (χ0) is 19.8. The summed E-state index contributed by atoms with van der Waals surface area (Å²) in [6.07, 6.45) is 2.98. The number of piperidine rings is 1. The molecule has 5 nitrogen and oxygen atoms in total. The predicted octanol–water partition coefficient (Wildman–Crippen LogP) is 4.00. The molecule has 29 heavy (non-hydrogen) atoms. The first-order chi connectivity index (χ1) is 14.2. The second kappa shape index (κ2) is 7.08. The number of ether oxygens (including phenoxy) is 2. The number of aromatic nitrogens is 1. The lowest BCUT2D eigenvalue weighted by molar-refractivity contribution is 0.0643. The molecular formula is C24H24N2O3. The first-order valence-corrected chi connectivity index (χ1v) is 10.1. The maximum absolute atomic E-state index is 13.6. The highest BCUT2D eigenvalue weighted by Gasteiger charge is 2.52. The lowest BCUT2D eigenvalue weighted by atomic mass is 9.69. The fourth-order valence-corrected chi connectivity index (χ4v) is 4.70. The summed E-state index contributed by atoms with van der Waals surface area (Å²) >= 11 is 0. The monoisotopic (exact) mass is 388 g/mol. The molecule has 0 unspecified atom stereocenters. The van der Waals surface area contributed by atoms with Crippen LogP contribution in [0.4, 0.5) is 0 Å². The fraction of sp³-hybridized carbons (Fsp3) is 0.292. The minimum absolute atomic E-state index is 0.00728. The van der Waals surface area contributed by atoms with Crippen molar-refractivity contribution in [3.63, 3.8) is 0 Å². The molecule has 1 spiro atoms. The number of rotatable bonds is 5. The van der Waals surface area contributed by atoms with E-state index in [4.69, 9.17) is 9.47 Å². The highest BCUT2D eigenvalue weighted by atomic mass is 16.5. The topological polar surface area (TPSA) is 63.4 Å². The summed E-state index contributed by atoms with van der Waals surface area (Å²) in [5.41, 5.74) is 2.39. The molecule has 3 aromatic rings. The van der Waals surface area contributed by atoms with Crippen molar-refractivity contribution in [2.75, 3.05) is 19.7 Å². The number of hydrogen-bond donors (Lipinski definition) is 2. The number of Topliss-reactive ketones (excluding diaryl/α,β-unsaturated/α-hetero) is 1. The molecule has 5 heteroatoms. The molecule has 1 saturated heterocycles.